The molecule has 0 unspecified atom stereocenters. The zero-order valence-corrected chi connectivity index (χ0v) is 15.2. The van der Waals surface area contributed by atoms with Gasteiger partial charge in [0, 0.05) is 15.6 Å². The van der Waals surface area contributed by atoms with Crippen molar-refractivity contribution in [3.63, 3.8) is 0 Å². The number of anilines is 1. The molecule has 0 spiro atoms. The molecule has 0 aliphatic heterocycles. The predicted molar refractivity (Wildman–Crippen MR) is 95.3 cm³/mol. The van der Waals surface area contributed by atoms with Gasteiger partial charge >= 0.3 is 0 Å². The summed E-state index contributed by atoms with van der Waals surface area (Å²) >= 11 is 9.47. The van der Waals surface area contributed by atoms with Crippen molar-refractivity contribution in [1.29, 1.82) is 0 Å². The Morgan fingerprint density at radius 1 is 1.13 bits per heavy atom. The van der Waals surface area contributed by atoms with E-state index >= 15 is 0 Å². The summed E-state index contributed by atoms with van der Waals surface area (Å²) in [5, 5.41) is 3.18. The van der Waals surface area contributed by atoms with Gasteiger partial charge < -0.3 is 10.2 Å². The van der Waals surface area contributed by atoms with Crippen LogP contribution in [0.5, 0.6) is 0 Å². The number of benzene rings is 2. The lowest BCUT2D eigenvalue weighted by atomic mass is 10.0. The third-order valence-electron chi connectivity index (χ3n) is 3.13. The molecule has 0 heterocycles. The Hall–Kier alpha value is -1.69. The average molecular weight is 397 g/mol. The van der Waals surface area contributed by atoms with Crippen LogP contribution in [0.1, 0.15) is 15.9 Å². The molecule has 0 saturated carbocycles. The highest BCUT2D eigenvalue weighted by Gasteiger charge is 2.18. The van der Waals surface area contributed by atoms with Gasteiger partial charge in [-0.1, -0.05) is 39.7 Å². The topological polar surface area (TPSA) is 50.6 Å². The van der Waals surface area contributed by atoms with E-state index in [-0.39, 0.29) is 11.7 Å². The van der Waals surface area contributed by atoms with Crippen LogP contribution in [-0.4, -0.2) is 32.3 Å². The molecule has 0 radical (unpaired) electrons. The zero-order chi connectivity index (χ0) is 17.0. The molecule has 0 atom stereocenters. The number of quaternary nitrogens is 1. The number of nitrogens with one attached hydrogen (secondary N) is 2. The van der Waals surface area contributed by atoms with Crippen molar-refractivity contribution in [2.75, 3.05) is 26.0 Å². The Labute approximate surface area is 148 Å². The van der Waals surface area contributed by atoms with E-state index in [4.69, 9.17) is 11.6 Å². The van der Waals surface area contributed by atoms with Crippen LogP contribution in [-0.2, 0) is 4.79 Å². The smallest absolute Gasteiger partial charge is 0.279 e. The van der Waals surface area contributed by atoms with Crippen LogP contribution in [0.25, 0.3) is 0 Å². The van der Waals surface area contributed by atoms with Gasteiger partial charge in [-0.05, 0) is 30.3 Å². The second kappa shape index (κ2) is 7.73. The van der Waals surface area contributed by atoms with Crippen LogP contribution in [0.2, 0.25) is 5.02 Å². The van der Waals surface area contributed by atoms with Gasteiger partial charge in [0.2, 0.25) is 0 Å². The fourth-order valence-corrected chi connectivity index (χ4v) is 2.70. The number of hydrogen-bond donors (Lipinski definition) is 2. The fraction of sp³-hybridized carbons (Fsp3) is 0.176. The first-order valence-electron chi connectivity index (χ1n) is 7.06. The quantitative estimate of drug-likeness (QED) is 0.763. The summed E-state index contributed by atoms with van der Waals surface area (Å²) in [5.74, 6) is -0.384. The van der Waals surface area contributed by atoms with Gasteiger partial charge in [-0.25, -0.2) is 0 Å². The van der Waals surface area contributed by atoms with Crippen LogP contribution in [0.15, 0.2) is 46.9 Å². The molecule has 0 aromatic heterocycles. The van der Waals surface area contributed by atoms with Gasteiger partial charge in [0.25, 0.3) is 5.91 Å². The van der Waals surface area contributed by atoms with E-state index in [0.29, 0.717) is 28.4 Å². The van der Waals surface area contributed by atoms with Crippen LogP contribution in [0, 0.1) is 0 Å². The van der Waals surface area contributed by atoms with Crippen molar-refractivity contribution in [1.82, 2.24) is 0 Å². The lowest BCUT2D eigenvalue weighted by Gasteiger charge is -2.13. The number of halogens is 2. The van der Waals surface area contributed by atoms with Crippen molar-refractivity contribution < 1.29 is 14.5 Å². The lowest BCUT2D eigenvalue weighted by Crippen LogP contribution is -3.06. The molecule has 23 heavy (non-hydrogen) atoms. The molecule has 0 bridgehead atoms. The molecule has 2 aromatic carbocycles. The van der Waals surface area contributed by atoms with Gasteiger partial charge in [0.15, 0.2) is 12.3 Å². The highest BCUT2D eigenvalue weighted by Crippen LogP contribution is 2.26. The SMILES string of the molecule is C[NH+](C)CC(=O)Nc1ccc(Br)cc1C(=O)c1ccccc1Cl. The van der Waals surface area contributed by atoms with Gasteiger partial charge in [0.1, 0.15) is 0 Å². The summed E-state index contributed by atoms with van der Waals surface area (Å²) in [6.07, 6.45) is 0. The van der Waals surface area contributed by atoms with Gasteiger partial charge in [-0.3, -0.25) is 9.59 Å². The summed E-state index contributed by atoms with van der Waals surface area (Å²) in [7, 11) is 3.77. The average Bonchev–Trinajstić information content (AvgIpc) is 2.48. The molecular formula is C17H17BrClN2O2+. The number of likely N-dealkylation sites (N-methyl/N-ethyl adjacent to an activating group) is 1. The number of rotatable bonds is 5. The van der Waals surface area contributed by atoms with E-state index < -0.39 is 0 Å². The maximum Gasteiger partial charge on any atom is 0.279 e. The minimum Gasteiger partial charge on any atom is -0.332 e. The van der Waals surface area contributed by atoms with Crippen LogP contribution >= 0.6 is 27.5 Å². The van der Waals surface area contributed by atoms with Crippen molar-refractivity contribution in [2.24, 2.45) is 0 Å². The minimum atomic E-state index is -0.232. The van der Waals surface area contributed by atoms with Crippen molar-refractivity contribution in [3.8, 4) is 0 Å². The van der Waals surface area contributed by atoms with Crippen LogP contribution in [0.3, 0.4) is 0 Å². The standard InChI is InChI=1S/C17H16BrClN2O2/c1-21(2)10-16(22)20-15-8-7-11(18)9-13(15)17(23)12-5-3-4-6-14(12)19/h3-9H,10H2,1-2H3,(H,20,22)/p+1. The highest BCUT2D eigenvalue weighted by atomic mass is 79.9. The molecule has 1 amide bonds. The Morgan fingerprint density at radius 3 is 2.48 bits per heavy atom. The minimum absolute atomic E-state index is 0.152. The van der Waals surface area contributed by atoms with Crippen molar-refractivity contribution >= 4 is 44.9 Å². The monoisotopic (exact) mass is 395 g/mol. The summed E-state index contributed by atoms with van der Waals surface area (Å²) in [6.45, 7) is 0.315. The summed E-state index contributed by atoms with van der Waals surface area (Å²) in [6, 6.07) is 12.0. The number of carbonyl (C=O) groups is 2. The third kappa shape index (κ3) is 4.64. The molecular weight excluding hydrogens is 380 g/mol. The number of amides is 1. The molecule has 6 heteroatoms. The number of hydrogen-bond acceptors (Lipinski definition) is 2. The zero-order valence-electron chi connectivity index (χ0n) is 12.8. The number of ketones is 1. The molecule has 4 nitrogen and oxygen atoms in total. The van der Waals surface area contributed by atoms with Crippen LogP contribution < -0.4 is 10.2 Å². The molecule has 0 aliphatic rings. The molecule has 2 aromatic rings. The Bertz CT molecular complexity index is 747. The molecule has 0 saturated heterocycles. The molecule has 0 fully saturated rings. The Kier molecular flexibility index (Phi) is 5.93. The van der Waals surface area contributed by atoms with Gasteiger partial charge in [-0.15, -0.1) is 0 Å². The molecule has 0 aliphatic carbocycles. The largest absolute Gasteiger partial charge is 0.332 e. The highest BCUT2D eigenvalue weighted by molar-refractivity contribution is 9.10. The van der Waals surface area contributed by atoms with Gasteiger partial charge in [-0.2, -0.15) is 0 Å². The third-order valence-corrected chi connectivity index (χ3v) is 3.96. The van der Waals surface area contributed by atoms with E-state index in [0.717, 1.165) is 9.37 Å². The van der Waals surface area contributed by atoms with E-state index in [1.807, 2.05) is 14.1 Å². The van der Waals surface area contributed by atoms with Gasteiger partial charge in [0.05, 0.1) is 24.8 Å². The predicted octanol–water partition coefficient (Wildman–Crippen LogP) is 2.42. The van der Waals surface area contributed by atoms with E-state index in [1.54, 1.807) is 42.5 Å². The molecule has 2 N–H and O–H groups in total. The second-order valence-electron chi connectivity index (χ2n) is 5.43. The van der Waals surface area contributed by atoms with Crippen LogP contribution in [0.4, 0.5) is 5.69 Å². The normalized spacial score (nSPS) is 10.7. The summed E-state index contributed by atoms with van der Waals surface area (Å²) in [4.78, 5) is 25.8. The first-order valence-corrected chi connectivity index (χ1v) is 8.23. The first-order chi connectivity index (χ1) is 10.9. The summed E-state index contributed by atoms with van der Waals surface area (Å²) < 4.78 is 0.754. The Morgan fingerprint density at radius 2 is 1.83 bits per heavy atom. The maximum absolute atomic E-state index is 12.8. The van der Waals surface area contributed by atoms with E-state index in [1.165, 1.54) is 0 Å². The maximum atomic E-state index is 12.8. The molecule has 120 valence electrons. The molecule has 2 rings (SSSR count). The van der Waals surface area contributed by atoms with Crippen molar-refractivity contribution in [2.45, 2.75) is 0 Å². The Balaban J connectivity index is 2.38. The fourth-order valence-electron chi connectivity index (χ4n) is 2.12. The summed E-state index contributed by atoms with van der Waals surface area (Å²) in [5.41, 5.74) is 1.28. The lowest BCUT2D eigenvalue weighted by molar-refractivity contribution is -0.849. The first kappa shape index (κ1) is 17.7. The van der Waals surface area contributed by atoms with E-state index in [2.05, 4.69) is 21.2 Å². The number of carbonyl (C=O) groups excluding carboxylic acids is 2. The van der Waals surface area contributed by atoms with Crippen molar-refractivity contribution in [3.05, 3.63) is 63.1 Å². The second-order valence-corrected chi connectivity index (χ2v) is 6.75. The van der Waals surface area contributed by atoms with E-state index in [9.17, 15) is 9.59 Å².